The first-order valence-electron chi connectivity index (χ1n) is 6.64. The van der Waals surface area contributed by atoms with E-state index in [0.717, 1.165) is 12.3 Å². The van der Waals surface area contributed by atoms with Gasteiger partial charge in [-0.1, -0.05) is 26.2 Å². The molecule has 0 saturated heterocycles. The van der Waals surface area contributed by atoms with Crippen LogP contribution in [0.1, 0.15) is 46.0 Å². The average Bonchev–Trinajstić information content (AvgIpc) is 2.27. The summed E-state index contributed by atoms with van der Waals surface area (Å²) in [6, 6.07) is 0. The van der Waals surface area contributed by atoms with Crippen molar-refractivity contribution in [2.75, 3.05) is 13.1 Å². The molecule has 0 aromatic heterocycles. The van der Waals surface area contributed by atoms with E-state index in [1.165, 1.54) is 25.7 Å². The summed E-state index contributed by atoms with van der Waals surface area (Å²) in [5.41, 5.74) is 5.37. The lowest BCUT2D eigenvalue weighted by Crippen LogP contribution is -2.38. The van der Waals surface area contributed by atoms with Crippen LogP contribution >= 0.6 is 0 Å². The van der Waals surface area contributed by atoms with E-state index in [2.05, 4.69) is 11.6 Å². The molecular formula is C12H26N2O2S. The van der Waals surface area contributed by atoms with E-state index < -0.39 is 15.3 Å². The lowest BCUT2D eigenvalue weighted by atomic mass is 9.81. The van der Waals surface area contributed by atoms with E-state index in [0.29, 0.717) is 12.5 Å². The fourth-order valence-corrected chi connectivity index (χ4v) is 3.44. The number of rotatable bonds is 6. The molecule has 102 valence electrons. The molecule has 3 N–H and O–H groups in total. The van der Waals surface area contributed by atoms with Gasteiger partial charge in [0.05, 0.1) is 5.25 Å². The lowest BCUT2D eigenvalue weighted by Gasteiger charge is -2.26. The van der Waals surface area contributed by atoms with Gasteiger partial charge in [-0.25, -0.2) is 13.1 Å². The van der Waals surface area contributed by atoms with Gasteiger partial charge in [-0.05, 0) is 31.6 Å². The Morgan fingerprint density at radius 3 is 2.71 bits per heavy atom. The van der Waals surface area contributed by atoms with Crippen LogP contribution in [-0.4, -0.2) is 26.8 Å². The number of nitrogens with two attached hydrogens (primary N) is 1. The number of sulfonamides is 1. The second-order valence-corrected chi connectivity index (χ2v) is 7.60. The van der Waals surface area contributed by atoms with Gasteiger partial charge in [0.15, 0.2) is 0 Å². The fraction of sp³-hybridized carbons (Fsp3) is 1.00. The number of nitrogens with one attached hydrogen (secondary N) is 1. The normalized spacial score (nSPS) is 27.9. The average molecular weight is 262 g/mol. The molecule has 0 aromatic carbocycles. The second kappa shape index (κ2) is 6.71. The fourth-order valence-electron chi connectivity index (χ4n) is 2.50. The van der Waals surface area contributed by atoms with Crippen LogP contribution in [0.5, 0.6) is 0 Å². The molecule has 1 rings (SSSR count). The monoisotopic (exact) mass is 262 g/mol. The number of hydrogen-bond donors (Lipinski definition) is 2. The highest BCUT2D eigenvalue weighted by molar-refractivity contribution is 7.90. The predicted molar refractivity (Wildman–Crippen MR) is 71.2 cm³/mol. The zero-order valence-corrected chi connectivity index (χ0v) is 11.8. The van der Waals surface area contributed by atoms with Gasteiger partial charge in [-0.15, -0.1) is 0 Å². The molecule has 4 nitrogen and oxygen atoms in total. The Hall–Kier alpha value is -0.130. The molecule has 5 heteroatoms. The standard InChI is InChI=1S/C12H26N2O2S/c1-10-4-3-5-12(8-10)6-7-14-17(15,16)11(2)9-13/h10-12,14H,3-9,13H2,1-2H3. The van der Waals surface area contributed by atoms with Gasteiger partial charge < -0.3 is 5.73 Å². The quantitative estimate of drug-likeness (QED) is 0.761. The topological polar surface area (TPSA) is 72.2 Å². The van der Waals surface area contributed by atoms with Gasteiger partial charge in [-0.3, -0.25) is 0 Å². The van der Waals surface area contributed by atoms with Crippen LogP contribution in [-0.2, 0) is 10.0 Å². The Morgan fingerprint density at radius 1 is 1.41 bits per heavy atom. The maximum absolute atomic E-state index is 11.7. The molecule has 0 heterocycles. The highest BCUT2D eigenvalue weighted by Crippen LogP contribution is 2.30. The van der Waals surface area contributed by atoms with Crippen molar-refractivity contribution in [3.63, 3.8) is 0 Å². The molecule has 0 spiro atoms. The van der Waals surface area contributed by atoms with Crippen molar-refractivity contribution in [1.82, 2.24) is 4.72 Å². The van der Waals surface area contributed by atoms with Crippen molar-refractivity contribution in [3.8, 4) is 0 Å². The van der Waals surface area contributed by atoms with Crippen LogP contribution in [0.4, 0.5) is 0 Å². The highest BCUT2D eigenvalue weighted by Gasteiger charge is 2.21. The largest absolute Gasteiger partial charge is 0.329 e. The number of hydrogen-bond acceptors (Lipinski definition) is 3. The van der Waals surface area contributed by atoms with Crippen LogP contribution < -0.4 is 10.5 Å². The molecule has 0 amide bonds. The Morgan fingerprint density at radius 2 is 2.12 bits per heavy atom. The Kier molecular flexibility index (Phi) is 5.89. The maximum atomic E-state index is 11.7. The van der Waals surface area contributed by atoms with Crippen molar-refractivity contribution in [2.24, 2.45) is 17.6 Å². The summed E-state index contributed by atoms with van der Waals surface area (Å²) in [7, 11) is -3.20. The second-order valence-electron chi connectivity index (χ2n) is 5.41. The lowest BCUT2D eigenvalue weighted by molar-refractivity contribution is 0.271. The van der Waals surface area contributed by atoms with Crippen molar-refractivity contribution in [2.45, 2.75) is 51.2 Å². The maximum Gasteiger partial charge on any atom is 0.215 e. The van der Waals surface area contributed by atoms with E-state index in [9.17, 15) is 8.42 Å². The van der Waals surface area contributed by atoms with E-state index >= 15 is 0 Å². The molecule has 17 heavy (non-hydrogen) atoms. The Balaban J connectivity index is 2.27. The predicted octanol–water partition coefficient (Wildman–Crippen LogP) is 1.47. The van der Waals surface area contributed by atoms with Crippen molar-refractivity contribution in [1.29, 1.82) is 0 Å². The van der Waals surface area contributed by atoms with Crippen LogP contribution in [0.3, 0.4) is 0 Å². The van der Waals surface area contributed by atoms with E-state index in [-0.39, 0.29) is 6.54 Å². The van der Waals surface area contributed by atoms with Gasteiger partial charge >= 0.3 is 0 Å². The molecule has 1 saturated carbocycles. The SMILES string of the molecule is CC1CCCC(CCNS(=O)(=O)C(C)CN)C1. The minimum atomic E-state index is -3.20. The van der Waals surface area contributed by atoms with Crippen LogP contribution in [0.15, 0.2) is 0 Å². The summed E-state index contributed by atoms with van der Waals surface area (Å²) in [5, 5.41) is -0.493. The van der Waals surface area contributed by atoms with Crippen LogP contribution in [0, 0.1) is 11.8 Å². The zero-order valence-electron chi connectivity index (χ0n) is 11.0. The smallest absolute Gasteiger partial charge is 0.215 e. The summed E-state index contributed by atoms with van der Waals surface area (Å²) in [4.78, 5) is 0. The molecule has 0 aromatic rings. The summed E-state index contributed by atoms with van der Waals surface area (Å²) in [6.07, 6.45) is 6.07. The van der Waals surface area contributed by atoms with E-state index in [1.807, 2.05) is 0 Å². The van der Waals surface area contributed by atoms with Gasteiger partial charge in [0.1, 0.15) is 0 Å². The minimum Gasteiger partial charge on any atom is -0.329 e. The van der Waals surface area contributed by atoms with Crippen LogP contribution in [0.2, 0.25) is 0 Å². The van der Waals surface area contributed by atoms with Gasteiger partial charge in [-0.2, -0.15) is 0 Å². The molecule has 0 radical (unpaired) electrons. The van der Waals surface area contributed by atoms with Crippen molar-refractivity contribution in [3.05, 3.63) is 0 Å². The first-order valence-corrected chi connectivity index (χ1v) is 8.19. The third-order valence-corrected chi connectivity index (χ3v) is 5.62. The molecule has 0 bridgehead atoms. The molecule has 1 aliphatic carbocycles. The first kappa shape index (κ1) is 14.9. The molecular weight excluding hydrogens is 236 g/mol. The Labute approximate surface area is 105 Å². The third kappa shape index (κ3) is 4.94. The molecule has 1 aliphatic rings. The van der Waals surface area contributed by atoms with Crippen LogP contribution in [0.25, 0.3) is 0 Å². The molecule has 3 unspecified atom stereocenters. The van der Waals surface area contributed by atoms with Gasteiger partial charge in [0.2, 0.25) is 10.0 Å². The summed E-state index contributed by atoms with van der Waals surface area (Å²) < 4.78 is 26.0. The first-order chi connectivity index (χ1) is 7.95. The van der Waals surface area contributed by atoms with E-state index in [4.69, 9.17) is 5.73 Å². The third-order valence-electron chi connectivity index (χ3n) is 3.76. The van der Waals surface area contributed by atoms with Crippen molar-refractivity contribution >= 4 is 10.0 Å². The molecule has 0 aliphatic heterocycles. The minimum absolute atomic E-state index is 0.176. The molecule has 3 atom stereocenters. The zero-order chi connectivity index (χ0) is 12.9. The van der Waals surface area contributed by atoms with E-state index in [1.54, 1.807) is 6.92 Å². The highest BCUT2D eigenvalue weighted by atomic mass is 32.2. The van der Waals surface area contributed by atoms with Crippen molar-refractivity contribution < 1.29 is 8.42 Å². The molecule has 1 fully saturated rings. The summed E-state index contributed by atoms with van der Waals surface area (Å²) in [6.45, 7) is 4.66. The Bertz CT molecular complexity index is 316. The van der Waals surface area contributed by atoms with Gasteiger partial charge in [0.25, 0.3) is 0 Å². The summed E-state index contributed by atoms with van der Waals surface area (Å²) >= 11 is 0. The summed E-state index contributed by atoms with van der Waals surface area (Å²) in [5.74, 6) is 1.49. The van der Waals surface area contributed by atoms with Gasteiger partial charge in [0, 0.05) is 13.1 Å².